The Labute approximate surface area is 148 Å². The second-order valence-electron chi connectivity index (χ2n) is 5.71. The molecule has 1 unspecified atom stereocenters. The Morgan fingerprint density at radius 2 is 1.96 bits per heavy atom. The van der Waals surface area contributed by atoms with E-state index in [0.29, 0.717) is 23.4 Å². The molecular formula is C17H16BrN3O3. The van der Waals surface area contributed by atoms with Crippen LogP contribution in [0.25, 0.3) is 0 Å². The Kier molecular flexibility index (Phi) is 4.64. The summed E-state index contributed by atoms with van der Waals surface area (Å²) in [5.74, 6) is -0.128. The van der Waals surface area contributed by atoms with Gasteiger partial charge in [-0.3, -0.25) is 24.7 Å². The molecule has 1 saturated heterocycles. The van der Waals surface area contributed by atoms with Crippen molar-refractivity contribution in [2.24, 2.45) is 0 Å². The van der Waals surface area contributed by atoms with E-state index in [2.05, 4.69) is 15.9 Å². The van der Waals surface area contributed by atoms with Crippen LogP contribution in [0, 0.1) is 10.1 Å². The largest absolute Gasteiger partial charge is 0.294 e. The van der Waals surface area contributed by atoms with E-state index in [0.717, 1.165) is 5.56 Å². The first kappa shape index (κ1) is 16.6. The normalized spacial score (nSPS) is 18.2. The van der Waals surface area contributed by atoms with E-state index in [1.165, 1.54) is 11.0 Å². The minimum atomic E-state index is -0.460. The quantitative estimate of drug-likeness (QED) is 0.592. The Hall–Kier alpha value is -2.25. The van der Waals surface area contributed by atoms with Crippen molar-refractivity contribution < 1.29 is 9.72 Å². The molecule has 2 aromatic carbocycles. The van der Waals surface area contributed by atoms with Gasteiger partial charge in [0.05, 0.1) is 17.6 Å². The third-order valence-corrected chi connectivity index (χ3v) is 4.64. The maximum Gasteiger partial charge on any atom is 0.294 e. The van der Waals surface area contributed by atoms with Crippen LogP contribution in [0.4, 0.5) is 11.4 Å². The number of hydrogen-bond acceptors (Lipinski definition) is 4. The predicted octanol–water partition coefficient (Wildman–Crippen LogP) is 3.55. The summed E-state index contributed by atoms with van der Waals surface area (Å²) in [6, 6.07) is 14.3. The summed E-state index contributed by atoms with van der Waals surface area (Å²) in [4.78, 5) is 27.0. The van der Waals surface area contributed by atoms with E-state index >= 15 is 0 Å². The molecule has 0 aliphatic carbocycles. The molecule has 0 N–H and O–H groups in total. The van der Waals surface area contributed by atoms with E-state index in [1.54, 1.807) is 12.1 Å². The molecule has 1 aliphatic rings. The number of nitrogens with zero attached hydrogens (tertiary/aromatic N) is 3. The number of amides is 1. The molecule has 2 aromatic rings. The SMILES string of the molecule is CC1C(=O)N(c2ccc(Br)cc2[N+](=O)[O-])CN1Cc1ccccc1. The predicted molar refractivity (Wildman–Crippen MR) is 94.6 cm³/mol. The lowest BCUT2D eigenvalue weighted by molar-refractivity contribution is -0.384. The Morgan fingerprint density at radius 3 is 2.62 bits per heavy atom. The second-order valence-corrected chi connectivity index (χ2v) is 6.62. The molecule has 3 rings (SSSR count). The highest BCUT2D eigenvalue weighted by atomic mass is 79.9. The van der Waals surface area contributed by atoms with E-state index in [1.807, 2.05) is 42.2 Å². The summed E-state index contributed by atoms with van der Waals surface area (Å²) in [7, 11) is 0. The molecule has 1 atom stereocenters. The van der Waals surface area contributed by atoms with Crippen LogP contribution in [0.5, 0.6) is 0 Å². The van der Waals surface area contributed by atoms with Gasteiger partial charge >= 0.3 is 0 Å². The van der Waals surface area contributed by atoms with Gasteiger partial charge in [0.2, 0.25) is 5.91 Å². The van der Waals surface area contributed by atoms with E-state index < -0.39 is 4.92 Å². The van der Waals surface area contributed by atoms with Crippen LogP contribution in [-0.2, 0) is 11.3 Å². The van der Waals surface area contributed by atoms with Gasteiger partial charge in [-0.2, -0.15) is 0 Å². The zero-order valence-electron chi connectivity index (χ0n) is 13.1. The van der Waals surface area contributed by atoms with Crippen LogP contribution in [0.3, 0.4) is 0 Å². The second kappa shape index (κ2) is 6.70. The van der Waals surface area contributed by atoms with Crippen molar-refractivity contribution in [2.45, 2.75) is 19.5 Å². The van der Waals surface area contributed by atoms with Gasteiger partial charge in [0.25, 0.3) is 5.69 Å². The van der Waals surface area contributed by atoms with Crippen molar-refractivity contribution in [2.75, 3.05) is 11.6 Å². The van der Waals surface area contributed by atoms with Crippen molar-refractivity contribution in [1.29, 1.82) is 0 Å². The number of benzene rings is 2. The summed E-state index contributed by atoms with van der Waals surface area (Å²) in [6.45, 7) is 2.78. The van der Waals surface area contributed by atoms with E-state index in [9.17, 15) is 14.9 Å². The van der Waals surface area contributed by atoms with Crippen LogP contribution >= 0.6 is 15.9 Å². The molecule has 0 radical (unpaired) electrons. The van der Waals surface area contributed by atoms with Crippen molar-refractivity contribution in [3.8, 4) is 0 Å². The maximum absolute atomic E-state index is 12.6. The fraction of sp³-hybridized carbons (Fsp3) is 0.235. The zero-order chi connectivity index (χ0) is 17.3. The molecule has 0 saturated carbocycles. The van der Waals surface area contributed by atoms with Crippen molar-refractivity contribution in [3.05, 3.63) is 68.7 Å². The molecule has 1 heterocycles. The van der Waals surface area contributed by atoms with Crippen LogP contribution in [0.15, 0.2) is 53.0 Å². The fourth-order valence-electron chi connectivity index (χ4n) is 2.83. The van der Waals surface area contributed by atoms with Crippen molar-refractivity contribution >= 4 is 33.2 Å². The van der Waals surface area contributed by atoms with Crippen molar-refractivity contribution in [1.82, 2.24) is 4.90 Å². The van der Waals surface area contributed by atoms with Gasteiger partial charge in [-0.1, -0.05) is 46.3 Å². The number of rotatable bonds is 4. The number of halogens is 1. The number of carbonyl (C=O) groups excluding carboxylic acids is 1. The first-order valence-electron chi connectivity index (χ1n) is 7.50. The molecule has 1 fully saturated rings. The molecule has 7 heteroatoms. The lowest BCUT2D eigenvalue weighted by Crippen LogP contribution is -2.29. The highest BCUT2D eigenvalue weighted by molar-refractivity contribution is 9.10. The maximum atomic E-state index is 12.6. The smallest absolute Gasteiger partial charge is 0.291 e. The van der Waals surface area contributed by atoms with Crippen LogP contribution in [-0.4, -0.2) is 28.4 Å². The summed E-state index contributed by atoms with van der Waals surface area (Å²) >= 11 is 3.24. The highest BCUT2D eigenvalue weighted by Crippen LogP contribution is 2.34. The average molecular weight is 390 g/mol. The molecule has 0 aromatic heterocycles. The first-order chi connectivity index (χ1) is 11.5. The number of anilines is 1. The highest BCUT2D eigenvalue weighted by Gasteiger charge is 2.38. The lowest BCUT2D eigenvalue weighted by Gasteiger charge is -2.19. The van der Waals surface area contributed by atoms with E-state index in [4.69, 9.17) is 0 Å². The van der Waals surface area contributed by atoms with Crippen LogP contribution in [0.1, 0.15) is 12.5 Å². The zero-order valence-corrected chi connectivity index (χ0v) is 14.6. The molecule has 1 aliphatic heterocycles. The molecule has 6 nitrogen and oxygen atoms in total. The minimum Gasteiger partial charge on any atom is -0.291 e. The van der Waals surface area contributed by atoms with Gasteiger partial charge in [0, 0.05) is 17.1 Å². The summed E-state index contributed by atoms with van der Waals surface area (Å²) in [5.41, 5.74) is 1.35. The molecule has 24 heavy (non-hydrogen) atoms. The number of nitro benzene ring substituents is 1. The standard InChI is InChI=1S/C17H16BrN3O3/c1-12-17(22)20(11-19(12)10-13-5-3-2-4-6-13)15-8-7-14(18)9-16(15)21(23)24/h2-9,12H,10-11H2,1H3. The minimum absolute atomic E-state index is 0.0773. The average Bonchev–Trinajstić information content (AvgIpc) is 2.84. The van der Waals surface area contributed by atoms with Gasteiger partial charge in [-0.05, 0) is 24.6 Å². The van der Waals surface area contributed by atoms with Gasteiger partial charge in [-0.25, -0.2) is 0 Å². The Bertz CT molecular complexity index is 782. The first-order valence-corrected chi connectivity index (χ1v) is 8.30. The molecule has 0 bridgehead atoms. The summed E-state index contributed by atoms with van der Waals surface area (Å²) in [6.07, 6.45) is 0. The van der Waals surface area contributed by atoms with Crippen LogP contribution < -0.4 is 4.90 Å². The summed E-state index contributed by atoms with van der Waals surface area (Å²) < 4.78 is 0.610. The Morgan fingerprint density at radius 1 is 1.25 bits per heavy atom. The number of carbonyl (C=O) groups is 1. The van der Waals surface area contributed by atoms with Crippen LogP contribution in [0.2, 0.25) is 0 Å². The van der Waals surface area contributed by atoms with Gasteiger partial charge < -0.3 is 0 Å². The van der Waals surface area contributed by atoms with Crippen molar-refractivity contribution in [3.63, 3.8) is 0 Å². The topological polar surface area (TPSA) is 66.7 Å². The monoisotopic (exact) mass is 389 g/mol. The van der Waals surface area contributed by atoms with Gasteiger partial charge in [0.15, 0.2) is 0 Å². The molecule has 1 amide bonds. The summed E-state index contributed by atoms with van der Waals surface area (Å²) in [5, 5.41) is 11.3. The van der Waals surface area contributed by atoms with Gasteiger partial charge in [0.1, 0.15) is 5.69 Å². The third kappa shape index (κ3) is 3.18. The van der Waals surface area contributed by atoms with E-state index in [-0.39, 0.29) is 17.6 Å². The molecule has 0 spiro atoms. The van der Waals surface area contributed by atoms with Gasteiger partial charge in [-0.15, -0.1) is 0 Å². The Balaban J connectivity index is 1.88. The lowest BCUT2D eigenvalue weighted by atomic mass is 10.2. The number of nitro groups is 1. The third-order valence-electron chi connectivity index (χ3n) is 4.15. The molecule has 124 valence electrons. The fourth-order valence-corrected chi connectivity index (χ4v) is 3.18. The number of hydrogen-bond donors (Lipinski definition) is 0. The molecular weight excluding hydrogens is 374 g/mol.